The third kappa shape index (κ3) is 5.50. The summed E-state index contributed by atoms with van der Waals surface area (Å²) in [6.45, 7) is 10.0. The number of hydrogen-bond acceptors (Lipinski definition) is 3. The van der Waals surface area contributed by atoms with Gasteiger partial charge in [0.2, 0.25) is 5.91 Å². The maximum atomic E-state index is 11.9. The van der Waals surface area contributed by atoms with Gasteiger partial charge in [-0.25, -0.2) is 0 Å². The predicted octanol–water partition coefficient (Wildman–Crippen LogP) is 1.14. The van der Waals surface area contributed by atoms with Crippen molar-refractivity contribution in [1.82, 2.24) is 10.2 Å². The highest BCUT2D eigenvalue weighted by molar-refractivity contribution is 5.76. The Hall–Kier alpha value is -0.610. The Morgan fingerprint density at radius 3 is 2.65 bits per heavy atom. The molecule has 4 nitrogen and oxygen atoms in total. The normalized spacial score (nSPS) is 26.1. The van der Waals surface area contributed by atoms with Crippen molar-refractivity contribution in [3.63, 3.8) is 0 Å². The van der Waals surface area contributed by atoms with Gasteiger partial charge < -0.3 is 15.3 Å². The van der Waals surface area contributed by atoms with Gasteiger partial charge in [0.05, 0.1) is 5.60 Å². The van der Waals surface area contributed by atoms with Crippen LogP contribution in [0, 0.1) is 0 Å². The van der Waals surface area contributed by atoms with Gasteiger partial charge >= 0.3 is 0 Å². The van der Waals surface area contributed by atoms with Gasteiger partial charge in [0, 0.05) is 31.6 Å². The van der Waals surface area contributed by atoms with Crippen molar-refractivity contribution in [2.24, 2.45) is 0 Å². The van der Waals surface area contributed by atoms with Gasteiger partial charge in [0.25, 0.3) is 0 Å². The van der Waals surface area contributed by atoms with Crippen LogP contribution in [0.1, 0.15) is 47.0 Å². The first-order valence-corrected chi connectivity index (χ1v) is 6.45. The summed E-state index contributed by atoms with van der Waals surface area (Å²) in [5.41, 5.74) is -0.654. The van der Waals surface area contributed by atoms with Crippen molar-refractivity contribution in [3.05, 3.63) is 0 Å². The number of nitrogens with one attached hydrogen (secondary N) is 1. The Balaban J connectivity index is 2.33. The molecule has 0 aromatic carbocycles. The molecular weight excluding hydrogens is 216 g/mol. The van der Waals surface area contributed by atoms with Crippen LogP contribution < -0.4 is 5.32 Å². The Morgan fingerprint density at radius 1 is 1.47 bits per heavy atom. The fourth-order valence-electron chi connectivity index (χ4n) is 2.14. The standard InChI is InChI=1S/C13H26N2O2/c1-12(2,3)14-8-6-11(16)15-9-5-7-13(4,17)10-15/h14,17H,5-10H2,1-4H3. The predicted molar refractivity (Wildman–Crippen MR) is 68.8 cm³/mol. The SMILES string of the molecule is CC1(O)CCCN(C(=O)CCNC(C)(C)C)C1. The highest BCUT2D eigenvalue weighted by atomic mass is 16.3. The molecule has 4 heteroatoms. The van der Waals surface area contributed by atoms with Crippen molar-refractivity contribution < 1.29 is 9.90 Å². The molecule has 1 aliphatic heterocycles. The van der Waals surface area contributed by atoms with E-state index in [1.165, 1.54) is 0 Å². The van der Waals surface area contributed by atoms with E-state index in [0.717, 1.165) is 19.4 Å². The Labute approximate surface area is 104 Å². The zero-order chi connectivity index (χ0) is 13.1. The lowest BCUT2D eigenvalue weighted by Crippen LogP contribution is -2.49. The summed E-state index contributed by atoms with van der Waals surface area (Å²) in [5.74, 6) is 0.140. The summed E-state index contributed by atoms with van der Waals surface area (Å²) in [5, 5.41) is 13.2. The Bertz CT molecular complexity index is 269. The number of carbonyl (C=O) groups is 1. The number of piperidine rings is 1. The van der Waals surface area contributed by atoms with E-state index in [1.54, 1.807) is 11.8 Å². The average Bonchev–Trinajstić information content (AvgIpc) is 2.13. The summed E-state index contributed by atoms with van der Waals surface area (Å²) in [7, 11) is 0. The van der Waals surface area contributed by atoms with E-state index in [-0.39, 0.29) is 11.4 Å². The first-order chi connectivity index (χ1) is 7.70. The topological polar surface area (TPSA) is 52.6 Å². The molecule has 100 valence electrons. The number of β-amino-alcohol motifs (C(OH)–C–C–N with tert-alkyl or cyclic N) is 1. The van der Waals surface area contributed by atoms with E-state index in [2.05, 4.69) is 26.1 Å². The van der Waals surface area contributed by atoms with Gasteiger partial charge in [-0.05, 0) is 40.5 Å². The van der Waals surface area contributed by atoms with Gasteiger partial charge in [-0.1, -0.05) is 0 Å². The van der Waals surface area contributed by atoms with E-state index in [9.17, 15) is 9.90 Å². The maximum Gasteiger partial charge on any atom is 0.223 e. The molecule has 0 spiro atoms. The Kier molecular flexibility index (Phi) is 4.55. The molecule has 0 saturated carbocycles. The van der Waals surface area contributed by atoms with Crippen LogP contribution in [0.4, 0.5) is 0 Å². The van der Waals surface area contributed by atoms with Crippen LogP contribution in [0.3, 0.4) is 0 Å². The second-order valence-electron chi connectivity index (χ2n) is 6.34. The van der Waals surface area contributed by atoms with Crippen LogP contribution in [0.15, 0.2) is 0 Å². The third-order valence-electron chi connectivity index (χ3n) is 3.02. The molecular formula is C13H26N2O2. The minimum Gasteiger partial charge on any atom is -0.388 e. The van der Waals surface area contributed by atoms with Crippen LogP contribution >= 0.6 is 0 Å². The minimum absolute atomic E-state index is 0.0493. The summed E-state index contributed by atoms with van der Waals surface area (Å²) in [6.07, 6.45) is 2.19. The molecule has 0 radical (unpaired) electrons. The quantitative estimate of drug-likeness (QED) is 0.780. The van der Waals surface area contributed by atoms with Crippen LogP contribution in [0.25, 0.3) is 0 Å². The fraction of sp³-hybridized carbons (Fsp3) is 0.923. The lowest BCUT2D eigenvalue weighted by atomic mass is 9.95. The minimum atomic E-state index is -0.703. The number of likely N-dealkylation sites (tertiary alicyclic amines) is 1. The molecule has 1 rings (SSSR count). The van der Waals surface area contributed by atoms with Gasteiger partial charge in [-0.3, -0.25) is 4.79 Å². The second kappa shape index (κ2) is 5.36. The van der Waals surface area contributed by atoms with Crippen molar-refractivity contribution in [1.29, 1.82) is 0 Å². The van der Waals surface area contributed by atoms with Gasteiger partial charge in [-0.2, -0.15) is 0 Å². The van der Waals surface area contributed by atoms with E-state index in [0.29, 0.717) is 19.5 Å². The van der Waals surface area contributed by atoms with Gasteiger partial charge in [0.1, 0.15) is 0 Å². The lowest BCUT2D eigenvalue weighted by molar-refractivity contribution is -0.137. The van der Waals surface area contributed by atoms with Crippen molar-refractivity contribution in [2.75, 3.05) is 19.6 Å². The molecule has 2 N–H and O–H groups in total. The number of aliphatic hydroxyl groups is 1. The molecule has 0 aromatic rings. The molecule has 1 heterocycles. The first kappa shape index (κ1) is 14.5. The average molecular weight is 242 g/mol. The molecule has 1 atom stereocenters. The second-order valence-corrected chi connectivity index (χ2v) is 6.34. The van der Waals surface area contributed by atoms with Crippen LogP contribution in [-0.4, -0.2) is 46.7 Å². The van der Waals surface area contributed by atoms with Crippen molar-refractivity contribution in [3.8, 4) is 0 Å². The Morgan fingerprint density at radius 2 is 2.12 bits per heavy atom. The molecule has 17 heavy (non-hydrogen) atoms. The first-order valence-electron chi connectivity index (χ1n) is 6.45. The largest absolute Gasteiger partial charge is 0.388 e. The third-order valence-corrected chi connectivity index (χ3v) is 3.02. The van der Waals surface area contributed by atoms with E-state index in [4.69, 9.17) is 0 Å². The summed E-state index contributed by atoms with van der Waals surface area (Å²) in [4.78, 5) is 13.7. The highest BCUT2D eigenvalue weighted by Gasteiger charge is 2.30. The van der Waals surface area contributed by atoms with Crippen LogP contribution in [-0.2, 0) is 4.79 Å². The highest BCUT2D eigenvalue weighted by Crippen LogP contribution is 2.20. The molecule has 1 fully saturated rings. The summed E-state index contributed by atoms with van der Waals surface area (Å²) < 4.78 is 0. The lowest BCUT2D eigenvalue weighted by Gasteiger charge is -2.37. The zero-order valence-electron chi connectivity index (χ0n) is 11.5. The number of hydrogen-bond donors (Lipinski definition) is 2. The van der Waals surface area contributed by atoms with Gasteiger partial charge in [-0.15, -0.1) is 0 Å². The van der Waals surface area contributed by atoms with Crippen LogP contribution in [0.2, 0.25) is 0 Å². The number of rotatable bonds is 3. The van der Waals surface area contributed by atoms with E-state index >= 15 is 0 Å². The van der Waals surface area contributed by atoms with Crippen molar-refractivity contribution >= 4 is 5.91 Å². The van der Waals surface area contributed by atoms with E-state index < -0.39 is 5.60 Å². The molecule has 1 aliphatic rings. The zero-order valence-corrected chi connectivity index (χ0v) is 11.5. The molecule has 0 aliphatic carbocycles. The fourth-order valence-corrected chi connectivity index (χ4v) is 2.14. The van der Waals surface area contributed by atoms with Gasteiger partial charge in [0.15, 0.2) is 0 Å². The summed E-state index contributed by atoms with van der Waals surface area (Å²) >= 11 is 0. The molecule has 0 aromatic heterocycles. The number of carbonyl (C=O) groups excluding carboxylic acids is 1. The number of amides is 1. The summed E-state index contributed by atoms with van der Waals surface area (Å²) in [6, 6.07) is 0. The smallest absolute Gasteiger partial charge is 0.223 e. The maximum absolute atomic E-state index is 11.9. The molecule has 1 unspecified atom stereocenters. The molecule has 0 bridgehead atoms. The van der Waals surface area contributed by atoms with E-state index in [1.807, 2.05) is 0 Å². The molecule has 1 amide bonds. The number of nitrogens with zero attached hydrogens (tertiary/aromatic N) is 1. The van der Waals surface area contributed by atoms with Crippen LogP contribution in [0.5, 0.6) is 0 Å². The monoisotopic (exact) mass is 242 g/mol. The molecule has 1 saturated heterocycles. The van der Waals surface area contributed by atoms with Crippen molar-refractivity contribution in [2.45, 2.75) is 58.1 Å².